The normalized spacial score (nSPS) is 11.3. The molecule has 0 radical (unpaired) electrons. The molecular formula is C11H12ClF3N2O. The van der Waals surface area contributed by atoms with Crippen LogP contribution in [0.3, 0.4) is 0 Å². The van der Waals surface area contributed by atoms with Gasteiger partial charge >= 0.3 is 6.18 Å². The van der Waals surface area contributed by atoms with E-state index in [2.05, 4.69) is 10.3 Å². The van der Waals surface area contributed by atoms with Crippen molar-refractivity contribution in [2.45, 2.75) is 25.4 Å². The first-order chi connectivity index (χ1) is 8.38. The van der Waals surface area contributed by atoms with Gasteiger partial charge in [0.15, 0.2) is 0 Å². The second-order valence-corrected chi connectivity index (χ2v) is 4.12. The Balaban J connectivity index is 2.26. The fraction of sp³-hybridized carbons (Fsp3) is 0.455. The fourth-order valence-electron chi connectivity index (χ4n) is 1.27. The quantitative estimate of drug-likeness (QED) is 0.842. The molecule has 0 fully saturated rings. The Kier molecular flexibility index (Phi) is 5.40. The van der Waals surface area contributed by atoms with Crippen molar-refractivity contribution in [3.8, 4) is 0 Å². The van der Waals surface area contributed by atoms with E-state index in [1.165, 1.54) is 18.3 Å². The van der Waals surface area contributed by atoms with Crippen molar-refractivity contribution in [1.29, 1.82) is 0 Å². The summed E-state index contributed by atoms with van der Waals surface area (Å²) in [4.78, 5) is 15.3. The van der Waals surface area contributed by atoms with Crippen molar-refractivity contribution in [3.63, 3.8) is 0 Å². The van der Waals surface area contributed by atoms with E-state index in [9.17, 15) is 18.0 Å². The Morgan fingerprint density at radius 2 is 2.11 bits per heavy atom. The molecule has 0 unspecified atom stereocenters. The van der Waals surface area contributed by atoms with Gasteiger partial charge in [-0.05, 0) is 25.0 Å². The maximum atomic E-state index is 11.8. The van der Waals surface area contributed by atoms with Gasteiger partial charge in [-0.25, -0.2) is 0 Å². The fourth-order valence-corrected chi connectivity index (χ4v) is 1.43. The average Bonchev–Trinajstić information content (AvgIpc) is 2.26. The zero-order chi connectivity index (χ0) is 13.6. The summed E-state index contributed by atoms with van der Waals surface area (Å²) in [6.07, 6.45) is -3.32. The molecule has 7 heteroatoms. The molecule has 1 amide bonds. The van der Waals surface area contributed by atoms with E-state index in [4.69, 9.17) is 11.6 Å². The molecule has 1 aromatic rings. The van der Waals surface area contributed by atoms with Crippen LogP contribution < -0.4 is 5.32 Å². The number of pyridine rings is 1. The van der Waals surface area contributed by atoms with Crippen LogP contribution >= 0.6 is 11.6 Å². The number of hydrogen-bond acceptors (Lipinski definition) is 2. The Hall–Kier alpha value is -1.30. The highest BCUT2D eigenvalue weighted by atomic mass is 35.5. The van der Waals surface area contributed by atoms with E-state index < -0.39 is 18.5 Å². The number of rotatable bonds is 5. The molecule has 0 saturated carbocycles. The number of carbonyl (C=O) groups is 1. The summed E-state index contributed by atoms with van der Waals surface area (Å²) in [6, 6.07) is 2.92. The van der Waals surface area contributed by atoms with Crippen molar-refractivity contribution in [2.24, 2.45) is 0 Å². The molecule has 0 aromatic carbocycles. The van der Waals surface area contributed by atoms with E-state index in [-0.39, 0.29) is 25.1 Å². The number of nitrogens with zero attached hydrogens (tertiary/aromatic N) is 1. The van der Waals surface area contributed by atoms with Crippen LogP contribution in [0.2, 0.25) is 5.02 Å². The maximum absolute atomic E-state index is 11.8. The van der Waals surface area contributed by atoms with Gasteiger partial charge < -0.3 is 5.32 Å². The van der Waals surface area contributed by atoms with Crippen LogP contribution in [0, 0.1) is 0 Å². The second kappa shape index (κ2) is 6.58. The summed E-state index contributed by atoms with van der Waals surface area (Å²) in [5.74, 6) is -0.440. The number of carbonyl (C=O) groups excluding carboxylic acids is 1. The zero-order valence-corrected chi connectivity index (χ0v) is 10.2. The van der Waals surface area contributed by atoms with E-state index in [0.29, 0.717) is 5.02 Å². The van der Waals surface area contributed by atoms with Gasteiger partial charge in [-0.2, -0.15) is 13.2 Å². The van der Waals surface area contributed by atoms with Crippen LogP contribution in [0.4, 0.5) is 13.2 Å². The molecule has 0 aliphatic carbocycles. The summed E-state index contributed by atoms with van der Waals surface area (Å²) >= 11 is 5.68. The van der Waals surface area contributed by atoms with Crippen LogP contribution in [0.15, 0.2) is 18.3 Å². The Morgan fingerprint density at radius 1 is 1.39 bits per heavy atom. The molecule has 0 aliphatic rings. The van der Waals surface area contributed by atoms with Crippen molar-refractivity contribution < 1.29 is 18.0 Å². The van der Waals surface area contributed by atoms with Crippen molar-refractivity contribution in [1.82, 2.24) is 10.3 Å². The number of alkyl halides is 3. The minimum absolute atomic E-state index is 0.00719. The van der Waals surface area contributed by atoms with Gasteiger partial charge in [0.2, 0.25) is 0 Å². The molecule has 18 heavy (non-hydrogen) atoms. The third-order valence-electron chi connectivity index (χ3n) is 2.13. The van der Waals surface area contributed by atoms with Crippen molar-refractivity contribution in [3.05, 3.63) is 29.0 Å². The van der Waals surface area contributed by atoms with Gasteiger partial charge in [0.05, 0.1) is 0 Å². The van der Waals surface area contributed by atoms with E-state index in [1.54, 1.807) is 0 Å². The monoisotopic (exact) mass is 280 g/mol. The Labute approximate surface area is 107 Å². The lowest BCUT2D eigenvalue weighted by Crippen LogP contribution is -2.25. The smallest absolute Gasteiger partial charge is 0.351 e. The third-order valence-corrected chi connectivity index (χ3v) is 2.36. The van der Waals surface area contributed by atoms with E-state index in [1.807, 2.05) is 0 Å². The SMILES string of the molecule is O=C(NCCCCC(F)(F)F)c1cc(Cl)ccn1. The molecule has 0 saturated heterocycles. The molecular weight excluding hydrogens is 269 g/mol. The Bertz CT molecular complexity index is 410. The van der Waals surface area contributed by atoms with Gasteiger partial charge in [0.1, 0.15) is 5.69 Å². The van der Waals surface area contributed by atoms with Gasteiger partial charge in [0, 0.05) is 24.2 Å². The highest BCUT2D eigenvalue weighted by molar-refractivity contribution is 6.30. The summed E-state index contributed by atoms with van der Waals surface area (Å²) in [5, 5.41) is 2.87. The molecule has 1 heterocycles. The minimum atomic E-state index is -4.14. The Morgan fingerprint density at radius 3 is 2.72 bits per heavy atom. The maximum Gasteiger partial charge on any atom is 0.389 e. The number of halogens is 4. The standard InChI is InChI=1S/C11H12ClF3N2O/c12-8-3-6-16-9(7-8)10(18)17-5-2-1-4-11(13,14)15/h3,6-7H,1-2,4-5H2,(H,17,18). The summed E-state index contributed by atoms with van der Waals surface area (Å²) in [7, 11) is 0. The summed E-state index contributed by atoms with van der Waals surface area (Å²) in [5.41, 5.74) is 0.151. The van der Waals surface area contributed by atoms with Crippen LogP contribution in [0.25, 0.3) is 0 Å². The lowest BCUT2D eigenvalue weighted by molar-refractivity contribution is -0.135. The van der Waals surface area contributed by atoms with Gasteiger partial charge in [-0.1, -0.05) is 11.6 Å². The predicted molar refractivity (Wildman–Crippen MR) is 61.5 cm³/mol. The second-order valence-electron chi connectivity index (χ2n) is 3.69. The largest absolute Gasteiger partial charge is 0.389 e. The molecule has 3 nitrogen and oxygen atoms in total. The average molecular weight is 281 g/mol. The van der Waals surface area contributed by atoms with Crippen molar-refractivity contribution in [2.75, 3.05) is 6.54 Å². The molecule has 0 atom stereocenters. The lowest BCUT2D eigenvalue weighted by Gasteiger charge is -2.07. The number of nitrogens with one attached hydrogen (secondary N) is 1. The van der Waals surface area contributed by atoms with Crippen LogP contribution in [-0.4, -0.2) is 23.6 Å². The summed E-state index contributed by atoms with van der Waals surface area (Å²) < 4.78 is 35.5. The molecule has 0 aliphatic heterocycles. The first-order valence-electron chi connectivity index (χ1n) is 5.35. The number of amides is 1. The van der Waals surface area contributed by atoms with E-state index >= 15 is 0 Å². The molecule has 1 aromatic heterocycles. The molecule has 0 bridgehead atoms. The highest BCUT2D eigenvalue weighted by Gasteiger charge is 2.25. The number of hydrogen-bond donors (Lipinski definition) is 1. The molecule has 100 valence electrons. The van der Waals surface area contributed by atoms with Crippen LogP contribution in [0.1, 0.15) is 29.8 Å². The molecule has 1 N–H and O–H groups in total. The van der Waals surface area contributed by atoms with Crippen LogP contribution in [0.5, 0.6) is 0 Å². The first-order valence-corrected chi connectivity index (χ1v) is 5.73. The van der Waals surface area contributed by atoms with Gasteiger partial charge in [-0.15, -0.1) is 0 Å². The van der Waals surface area contributed by atoms with Crippen LogP contribution in [-0.2, 0) is 0 Å². The topological polar surface area (TPSA) is 42.0 Å². The number of unbranched alkanes of at least 4 members (excludes halogenated alkanes) is 1. The molecule has 1 rings (SSSR count). The molecule has 0 spiro atoms. The van der Waals surface area contributed by atoms with E-state index in [0.717, 1.165) is 0 Å². The zero-order valence-electron chi connectivity index (χ0n) is 9.43. The highest BCUT2D eigenvalue weighted by Crippen LogP contribution is 2.21. The lowest BCUT2D eigenvalue weighted by atomic mass is 10.2. The van der Waals surface area contributed by atoms with Gasteiger partial charge in [-0.3, -0.25) is 9.78 Å². The predicted octanol–water partition coefficient (Wildman–Crippen LogP) is 3.20. The first kappa shape index (κ1) is 14.8. The van der Waals surface area contributed by atoms with Gasteiger partial charge in [0.25, 0.3) is 5.91 Å². The third kappa shape index (κ3) is 5.86. The van der Waals surface area contributed by atoms with Crippen molar-refractivity contribution >= 4 is 17.5 Å². The number of aromatic nitrogens is 1. The summed E-state index contributed by atoms with van der Waals surface area (Å²) in [6.45, 7) is 0.184. The minimum Gasteiger partial charge on any atom is -0.351 e.